The van der Waals surface area contributed by atoms with Crippen LogP contribution in [0.25, 0.3) is 21.3 Å². The van der Waals surface area contributed by atoms with Gasteiger partial charge in [0.25, 0.3) is 6.47 Å². The van der Waals surface area contributed by atoms with Gasteiger partial charge in [-0.25, -0.2) is 0 Å². The summed E-state index contributed by atoms with van der Waals surface area (Å²) in [5.41, 5.74) is 5.58. The molecule has 2 amide bonds. The number of nitrogens with zero attached hydrogens (tertiary/aromatic N) is 3. The Morgan fingerprint density at radius 2 is 1.89 bits per heavy atom. The Bertz CT molecular complexity index is 1440. The predicted molar refractivity (Wildman–Crippen MR) is 147 cm³/mol. The van der Waals surface area contributed by atoms with E-state index in [1.807, 2.05) is 26.1 Å². The van der Waals surface area contributed by atoms with Crippen molar-refractivity contribution >= 4 is 57.1 Å². The van der Waals surface area contributed by atoms with E-state index in [4.69, 9.17) is 21.5 Å². The lowest BCUT2D eigenvalue weighted by Gasteiger charge is -2.44. The van der Waals surface area contributed by atoms with Crippen LogP contribution in [0.2, 0.25) is 5.02 Å². The first kappa shape index (κ1) is 25.3. The lowest BCUT2D eigenvalue weighted by Crippen LogP contribution is -2.58. The SMILES string of the molecule is CC1(C)C2C(=O)N(Cc3cc4nccc(-c5cc(Cl)cc6c5N(C5CNC5)CCC6)c4s3)C(=O)C21.O=CO. The van der Waals surface area contributed by atoms with Crippen molar-refractivity contribution in [3.8, 4) is 11.1 Å². The van der Waals surface area contributed by atoms with Gasteiger partial charge in [0.15, 0.2) is 0 Å². The second-order valence-electron chi connectivity index (χ2n) is 11.0. The average molecular weight is 553 g/mol. The Morgan fingerprint density at radius 3 is 2.55 bits per heavy atom. The number of nitrogens with one attached hydrogen (secondary N) is 1. The van der Waals surface area contributed by atoms with E-state index in [2.05, 4.69) is 33.4 Å². The molecule has 3 fully saturated rings. The van der Waals surface area contributed by atoms with Crippen LogP contribution in [0.5, 0.6) is 0 Å². The minimum absolute atomic E-state index is 0.0238. The molecule has 2 N–H and O–H groups in total. The number of carboxylic acid groups (broad SMARTS) is 1. The van der Waals surface area contributed by atoms with Gasteiger partial charge in [0.2, 0.25) is 11.8 Å². The Kier molecular flexibility index (Phi) is 6.20. The molecule has 2 saturated heterocycles. The predicted octanol–water partition coefficient (Wildman–Crippen LogP) is 4.18. The Hall–Kier alpha value is -3.01. The van der Waals surface area contributed by atoms with Gasteiger partial charge in [-0.15, -0.1) is 11.3 Å². The summed E-state index contributed by atoms with van der Waals surface area (Å²) in [4.78, 5) is 43.7. The van der Waals surface area contributed by atoms with Gasteiger partial charge in [0.1, 0.15) is 0 Å². The molecule has 10 heteroatoms. The maximum Gasteiger partial charge on any atom is 0.290 e. The number of aromatic nitrogens is 1. The van der Waals surface area contributed by atoms with E-state index in [9.17, 15) is 9.59 Å². The molecule has 8 nitrogen and oxygen atoms in total. The van der Waals surface area contributed by atoms with Gasteiger partial charge in [0, 0.05) is 52.5 Å². The van der Waals surface area contributed by atoms with Crippen molar-refractivity contribution in [2.24, 2.45) is 17.3 Å². The highest BCUT2D eigenvalue weighted by atomic mass is 35.5. The second kappa shape index (κ2) is 9.32. The number of benzene rings is 1. The summed E-state index contributed by atoms with van der Waals surface area (Å²) in [5.74, 6) is -0.348. The van der Waals surface area contributed by atoms with Crippen molar-refractivity contribution in [2.45, 2.75) is 39.3 Å². The third-order valence-corrected chi connectivity index (χ3v) is 9.81. The summed E-state index contributed by atoms with van der Waals surface area (Å²) in [6.07, 6.45) is 4.01. The molecule has 4 aliphatic rings. The topological polar surface area (TPSA) is 103 Å². The van der Waals surface area contributed by atoms with E-state index in [1.165, 1.54) is 16.2 Å². The van der Waals surface area contributed by atoms with Gasteiger partial charge in [-0.05, 0) is 48.1 Å². The molecule has 2 unspecified atom stereocenters. The lowest BCUT2D eigenvalue weighted by atomic mass is 9.92. The molecule has 7 rings (SSSR count). The third kappa shape index (κ3) is 3.90. The Morgan fingerprint density at radius 1 is 1.18 bits per heavy atom. The van der Waals surface area contributed by atoms with Crippen molar-refractivity contribution in [3.63, 3.8) is 0 Å². The van der Waals surface area contributed by atoms with Crippen LogP contribution in [0, 0.1) is 17.3 Å². The molecule has 2 atom stereocenters. The molecule has 38 heavy (non-hydrogen) atoms. The fourth-order valence-corrected chi connectivity index (χ4v) is 7.77. The van der Waals surface area contributed by atoms with Crippen molar-refractivity contribution < 1.29 is 19.5 Å². The quantitative estimate of drug-likeness (QED) is 0.370. The number of imide groups is 1. The molecular formula is C28H29ClN4O4S. The molecule has 0 radical (unpaired) electrons. The zero-order chi connectivity index (χ0) is 26.8. The summed E-state index contributed by atoms with van der Waals surface area (Å²) in [6.45, 7) is 7.17. The first-order valence-corrected chi connectivity index (χ1v) is 14.1. The highest BCUT2D eigenvalue weighted by Gasteiger charge is 2.72. The summed E-state index contributed by atoms with van der Waals surface area (Å²) in [5, 5.41) is 11.1. The van der Waals surface area contributed by atoms with Crippen LogP contribution in [0.3, 0.4) is 0 Å². The summed E-state index contributed by atoms with van der Waals surface area (Å²) < 4.78 is 1.08. The number of pyridine rings is 1. The number of fused-ring (bicyclic) bond motifs is 3. The minimum atomic E-state index is -0.250. The summed E-state index contributed by atoms with van der Waals surface area (Å²) >= 11 is 8.25. The van der Waals surface area contributed by atoms with E-state index in [0.29, 0.717) is 12.6 Å². The summed E-state index contributed by atoms with van der Waals surface area (Å²) in [7, 11) is 0. The number of halogens is 1. The van der Waals surface area contributed by atoms with Crippen molar-refractivity contribution in [1.29, 1.82) is 0 Å². The number of rotatable bonds is 4. The number of carbonyl (C=O) groups is 3. The largest absolute Gasteiger partial charge is 0.483 e. The Balaban J connectivity index is 0.000000843. The molecule has 2 aromatic heterocycles. The van der Waals surface area contributed by atoms with Gasteiger partial charge in [0.05, 0.1) is 34.6 Å². The number of aryl methyl sites for hydroxylation is 1. The zero-order valence-corrected chi connectivity index (χ0v) is 22.8. The number of piperidine rings is 1. The smallest absolute Gasteiger partial charge is 0.290 e. The molecule has 198 valence electrons. The number of hydrogen-bond acceptors (Lipinski definition) is 7. The van der Waals surface area contributed by atoms with E-state index < -0.39 is 0 Å². The molecule has 3 aromatic rings. The van der Waals surface area contributed by atoms with Gasteiger partial charge in [-0.1, -0.05) is 25.4 Å². The lowest BCUT2D eigenvalue weighted by molar-refractivity contribution is -0.143. The van der Waals surface area contributed by atoms with E-state index in [0.717, 1.165) is 63.7 Å². The first-order chi connectivity index (χ1) is 18.3. The standard InChI is InChI=1S/C27H27ClN4O2S.CH2O2/c1-27(2)21-22(27)26(34)32(25(21)33)13-17-10-20-24(35-17)18(5-6-30-20)19-9-15(28)8-14-4-3-7-31(23(14)19)16-11-29-12-16;2-1-3/h5-6,8-10,16,21-22,29H,3-4,7,11-13H2,1-2H3;1H,(H,2,3). The van der Waals surface area contributed by atoms with Crippen LogP contribution < -0.4 is 10.2 Å². The van der Waals surface area contributed by atoms with Gasteiger partial charge in [-0.2, -0.15) is 0 Å². The van der Waals surface area contributed by atoms with Gasteiger partial charge < -0.3 is 15.3 Å². The van der Waals surface area contributed by atoms with E-state index in [-0.39, 0.29) is 35.5 Å². The fraction of sp³-hybridized carbons (Fsp3) is 0.429. The minimum Gasteiger partial charge on any atom is -0.483 e. The number of carbonyl (C=O) groups excluding carboxylic acids is 2. The van der Waals surface area contributed by atoms with E-state index in [1.54, 1.807) is 11.3 Å². The maximum atomic E-state index is 12.9. The molecule has 0 bridgehead atoms. The maximum absolute atomic E-state index is 12.9. The molecule has 1 aromatic carbocycles. The number of likely N-dealkylation sites (tertiary alicyclic amines) is 1. The Labute approximate surface area is 229 Å². The second-order valence-corrected chi connectivity index (χ2v) is 12.6. The van der Waals surface area contributed by atoms with E-state index >= 15 is 0 Å². The third-order valence-electron chi connectivity index (χ3n) is 8.45. The number of amides is 2. The highest BCUT2D eigenvalue weighted by Crippen LogP contribution is 2.63. The van der Waals surface area contributed by atoms with Crippen LogP contribution >= 0.6 is 22.9 Å². The normalized spacial score (nSPS) is 23.4. The first-order valence-electron chi connectivity index (χ1n) is 12.9. The van der Waals surface area contributed by atoms with Crippen LogP contribution in [0.15, 0.2) is 30.5 Å². The van der Waals surface area contributed by atoms with Crippen molar-refractivity contribution in [1.82, 2.24) is 15.2 Å². The van der Waals surface area contributed by atoms with Crippen LogP contribution in [0.4, 0.5) is 5.69 Å². The molecule has 1 aliphatic carbocycles. The number of anilines is 1. The molecular weight excluding hydrogens is 524 g/mol. The van der Waals surface area contributed by atoms with Crippen LogP contribution in [-0.4, -0.2) is 59.0 Å². The molecule has 5 heterocycles. The molecule has 1 saturated carbocycles. The highest BCUT2D eigenvalue weighted by molar-refractivity contribution is 7.19. The van der Waals surface area contributed by atoms with Crippen LogP contribution in [-0.2, 0) is 27.3 Å². The monoisotopic (exact) mass is 552 g/mol. The molecule has 0 spiro atoms. The van der Waals surface area contributed by atoms with Gasteiger partial charge >= 0.3 is 0 Å². The number of thiophene rings is 1. The average Bonchev–Trinajstić information content (AvgIpc) is 3.09. The zero-order valence-electron chi connectivity index (χ0n) is 21.2. The van der Waals surface area contributed by atoms with Crippen molar-refractivity contribution in [3.05, 3.63) is 45.9 Å². The van der Waals surface area contributed by atoms with Crippen molar-refractivity contribution in [2.75, 3.05) is 24.5 Å². The van der Waals surface area contributed by atoms with Gasteiger partial charge in [-0.3, -0.25) is 24.3 Å². The fourth-order valence-electron chi connectivity index (χ4n) is 6.39. The summed E-state index contributed by atoms with van der Waals surface area (Å²) in [6, 6.07) is 8.82. The number of hydrogen-bond donors (Lipinski definition) is 2. The molecule has 3 aliphatic heterocycles. The van der Waals surface area contributed by atoms with Crippen LogP contribution in [0.1, 0.15) is 30.7 Å².